The maximum atomic E-state index is 10.6. The molecule has 0 spiro atoms. The summed E-state index contributed by atoms with van der Waals surface area (Å²) in [6, 6.07) is 0. The number of amides is 1. The zero-order chi connectivity index (χ0) is 8.97. The van der Waals surface area contributed by atoms with Crippen LogP contribution in [-0.2, 0) is 0 Å². The first-order valence-electron chi connectivity index (χ1n) is 4.30. The average molecular weight is 235 g/mol. The molecule has 1 atom stereocenters. The molecule has 1 N–H and O–H groups in total. The Morgan fingerprint density at radius 3 is 3.08 bits per heavy atom. The second-order valence-electron chi connectivity index (χ2n) is 3.43. The topological polar surface area (TPSA) is 32.3 Å². The molecule has 12 heavy (non-hydrogen) atoms. The molecule has 0 aromatic carbocycles. The summed E-state index contributed by atoms with van der Waals surface area (Å²) in [4.78, 5) is 12.8. The minimum Gasteiger partial charge on any atom is -0.346 e. The molecular weight excluding hydrogens is 220 g/mol. The molecule has 0 aromatic rings. The van der Waals surface area contributed by atoms with Crippen molar-refractivity contribution in [2.45, 2.75) is 12.8 Å². The maximum Gasteiger partial charge on any atom is 0.287 e. The Hall–Kier alpha value is -0.0900. The van der Waals surface area contributed by atoms with E-state index in [1.54, 1.807) is 0 Å². The number of likely N-dealkylation sites (tertiary alicyclic amines) is 1. The Morgan fingerprint density at radius 1 is 1.75 bits per heavy atom. The van der Waals surface area contributed by atoms with E-state index in [0.29, 0.717) is 5.92 Å². The fourth-order valence-electron chi connectivity index (χ4n) is 1.66. The van der Waals surface area contributed by atoms with E-state index >= 15 is 0 Å². The van der Waals surface area contributed by atoms with Crippen LogP contribution in [0.1, 0.15) is 12.8 Å². The monoisotopic (exact) mass is 234 g/mol. The van der Waals surface area contributed by atoms with Crippen LogP contribution < -0.4 is 5.32 Å². The highest BCUT2D eigenvalue weighted by Crippen LogP contribution is 2.13. The Kier molecular flexibility index (Phi) is 4.01. The second kappa shape index (κ2) is 4.82. The van der Waals surface area contributed by atoms with Crippen LogP contribution in [-0.4, -0.2) is 36.4 Å². The Labute approximate surface area is 81.6 Å². The van der Waals surface area contributed by atoms with E-state index in [4.69, 9.17) is 0 Å². The van der Waals surface area contributed by atoms with Gasteiger partial charge in [-0.3, -0.25) is 4.79 Å². The molecule has 0 aromatic heterocycles. The first-order valence-corrected chi connectivity index (χ1v) is 5.09. The molecule has 0 radical (unpaired) electrons. The Balaban J connectivity index is 2.18. The van der Waals surface area contributed by atoms with Gasteiger partial charge in [-0.1, -0.05) is 0 Å². The first-order chi connectivity index (χ1) is 5.68. The fourth-order valence-corrected chi connectivity index (χ4v) is 1.83. The van der Waals surface area contributed by atoms with Crippen molar-refractivity contribution in [3.63, 3.8) is 0 Å². The number of rotatable bonds is 2. The first kappa shape index (κ1) is 9.99. The molecule has 3 nitrogen and oxygen atoms in total. The standard InChI is InChI=1S/C8H15BrN2O/c1-11-4-2-3-7(6-11)5-10-8(9)12/h7H,2-6H2,1H3,(H,10,12). The smallest absolute Gasteiger partial charge is 0.287 e. The predicted molar refractivity (Wildman–Crippen MR) is 52.5 cm³/mol. The molecular formula is C8H15BrN2O. The van der Waals surface area contributed by atoms with Gasteiger partial charge in [0.25, 0.3) is 4.82 Å². The van der Waals surface area contributed by atoms with Gasteiger partial charge in [-0.15, -0.1) is 0 Å². The van der Waals surface area contributed by atoms with Crippen molar-refractivity contribution < 1.29 is 4.79 Å². The van der Waals surface area contributed by atoms with Gasteiger partial charge in [-0.25, -0.2) is 0 Å². The van der Waals surface area contributed by atoms with Crippen molar-refractivity contribution in [1.29, 1.82) is 0 Å². The van der Waals surface area contributed by atoms with Crippen molar-refractivity contribution in [3.8, 4) is 0 Å². The highest BCUT2D eigenvalue weighted by atomic mass is 79.9. The molecule has 0 saturated carbocycles. The molecule has 1 fully saturated rings. The number of nitrogens with one attached hydrogen (secondary N) is 1. The molecule has 1 heterocycles. The van der Waals surface area contributed by atoms with Crippen LogP contribution in [0.25, 0.3) is 0 Å². The van der Waals surface area contributed by atoms with Crippen LogP contribution in [0.15, 0.2) is 0 Å². The van der Waals surface area contributed by atoms with Gasteiger partial charge >= 0.3 is 0 Å². The van der Waals surface area contributed by atoms with Crippen LogP contribution >= 0.6 is 15.9 Å². The van der Waals surface area contributed by atoms with E-state index in [1.807, 2.05) is 0 Å². The summed E-state index contributed by atoms with van der Waals surface area (Å²) < 4.78 is 0. The lowest BCUT2D eigenvalue weighted by molar-refractivity contribution is 0.206. The van der Waals surface area contributed by atoms with Crippen LogP contribution in [0.2, 0.25) is 0 Å². The van der Waals surface area contributed by atoms with Gasteiger partial charge in [0, 0.05) is 29.0 Å². The SMILES string of the molecule is CN1CCCC(CNC(=O)Br)C1. The lowest BCUT2D eigenvalue weighted by Crippen LogP contribution is -2.37. The van der Waals surface area contributed by atoms with E-state index < -0.39 is 0 Å². The van der Waals surface area contributed by atoms with E-state index in [9.17, 15) is 4.79 Å². The fraction of sp³-hybridized carbons (Fsp3) is 0.875. The molecule has 1 saturated heterocycles. The number of hydrogen-bond donors (Lipinski definition) is 1. The zero-order valence-corrected chi connectivity index (χ0v) is 8.93. The highest BCUT2D eigenvalue weighted by molar-refractivity contribution is 9.18. The van der Waals surface area contributed by atoms with Crippen molar-refractivity contribution >= 4 is 20.7 Å². The summed E-state index contributed by atoms with van der Waals surface area (Å²) in [5.74, 6) is 0.630. The summed E-state index contributed by atoms with van der Waals surface area (Å²) in [6.07, 6.45) is 2.48. The largest absolute Gasteiger partial charge is 0.346 e. The van der Waals surface area contributed by atoms with Crippen molar-refractivity contribution in [1.82, 2.24) is 10.2 Å². The minimum absolute atomic E-state index is 0.101. The van der Waals surface area contributed by atoms with Crippen LogP contribution in [0.3, 0.4) is 0 Å². The molecule has 70 valence electrons. The van der Waals surface area contributed by atoms with E-state index in [-0.39, 0.29) is 4.82 Å². The molecule has 1 rings (SSSR count). The lowest BCUT2D eigenvalue weighted by atomic mass is 9.99. The molecule has 0 aliphatic carbocycles. The molecule has 1 aliphatic rings. The number of halogens is 1. The number of carbonyl (C=O) groups is 1. The number of hydrogen-bond acceptors (Lipinski definition) is 2. The summed E-state index contributed by atoms with van der Waals surface area (Å²) in [5.41, 5.74) is 0. The Bertz CT molecular complexity index is 163. The van der Waals surface area contributed by atoms with Gasteiger partial charge in [-0.2, -0.15) is 0 Å². The number of piperidine rings is 1. The highest BCUT2D eigenvalue weighted by Gasteiger charge is 2.16. The summed E-state index contributed by atoms with van der Waals surface area (Å²) in [7, 11) is 2.13. The molecule has 1 amide bonds. The van der Waals surface area contributed by atoms with Crippen LogP contribution in [0.5, 0.6) is 0 Å². The summed E-state index contributed by atoms with van der Waals surface area (Å²) in [5, 5.41) is 2.79. The Morgan fingerprint density at radius 2 is 2.50 bits per heavy atom. The molecule has 1 aliphatic heterocycles. The minimum atomic E-state index is -0.101. The molecule has 4 heteroatoms. The van der Waals surface area contributed by atoms with Gasteiger partial charge < -0.3 is 10.2 Å². The summed E-state index contributed by atoms with van der Waals surface area (Å²) >= 11 is 2.85. The van der Waals surface area contributed by atoms with Crippen molar-refractivity contribution in [3.05, 3.63) is 0 Å². The van der Waals surface area contributed by atoms with Crippen molar-refractivity contribution in [2.24, 2.45) is 5.92 Å². The predicted octanol–water partition coefficient (Wildman–Crippen LogP) is 1.43. The quantitative estimate of drug-likeness (QED) is 0.580. The maximum absolute atomic E-state index is 10.6. The molecule has 1 unspecified atom stereocenters. The third kappa shape index (κ3) is 3.54. The molecule has 0 bridgehead atoms. The van der Waals surface area contributed by atoms with Crippen LogP contribution in [0.4, 0.5) is 4.79 Å². The van der Waals surface area contributed by atoms with Crippen molar-refractivity contribution in [2.75, 3.05) is 26.7 Å². The zero-order valence-electron chi connectivity index (χ0n) is 7.35. The third-order valence-electron chi connectivity index (χ3n) is 2.25. The van der Waals surface area contributed by atoms with Gasteiger partial charge in [0.2, 0.25) is 0 Å². The van der Waals surface area contributed by atoms with Gasteiger partial charge in [0.1, 0.15) is 0 Å². The van der Waals surface area contributed by atoms with Crippen LogP contribution in [0, 0.1) is 5.92 Å². The normalized spacial score (nSPS) is 25.3. The third-order valence-corrected chi connectivity index (χ3v) is 2.53. The second-order valence-corrected chi connectivity index (χ2v) is 4.15. The average Bonchev–Trinajstić information content (AvgIpc) is 2.01. The van der Waals surface area contributed by atoms with Gasteiger partial charge in [-0.05, 0) is 32.4 Å². The lowest BCUT2D eigenvalue weighted by Gasteiger charge is -2.29. The van der Waals surface area contributed by atoms with Gasteiger partial charge in [0.05, 0.1) is 0 Å². The summed E-state index contributed by atoms with van der Waals surface area (Å²) in [6.45, 7) is 3.10. The van der Waals surface area contributed by atoms with E-state index in [1.165, 1.54) is 19.4 Å². The number of nitrogens with zero attached hydrogens (tertiary/aromatic N) is 1. The van der Waals surface area contributed by atoms with E-state index in [0.717, 1.165) is 13.1 Å². The number of carbonyl (C=O) groups excluding carboxylic acids is 1. The van der Waals surface area contributed by atoms with Gasteiger partial charge in [0.15, 0.2) is 0 Å². The van der Waals surface area contributed by atoms with E-state index in [2.05, 4.69) is 33.2 Å².